The van der Waals surface area contributed by atoms with E-state index in [0.717, 1.165) is 6.42 Å². The van der Waals surface area contributed by atoms with Crippen molar-refractivity contribution in [3.05, 3.63) is 17.4 Å². The Morgan fingerprint density at radius 2 is 1.05 bits per heavy atom. The van der Waals surface area contributed by atoms with E-state index in [0.29, 0.717) is 6.54 Å². The van der Waals surface area contributed by atoms with Gasteiger partial charge in [0.15, 0.2) is 0 Å². The molecule has 0 aliphatic heterocycles. The van der Waals surface area contributed by atoms with Gasteiger partial charge in [-0.25, -0.2) is 0 Å². The first-order valence-corrected chi connectivity index (χ1v) is 9.41. The quantitative estimate of drug-likeness (QED) is 0.189. The number of hydrogen-bond donors (Lipinski definition) is 1. The van der Waals surface area contributed by atoms with Crippen LogP contribution in [0.25, 0.3) is 0 Å². The highest BCUT2D eigenvalue weighted by atomic mass is 16.5. The molecule has 0 aliphatic rings. The molecule has 0 amide bonds. The van der Waals surface area contributed by atoms with Gasteiger partial charge in [0.2, 0.25) is 0 Å². The molecule has 1 N–H and O–H groups in total. The van der Waals surface area contributed by atoms with Crippen LogP contribution in [0, 0.1) is 5.21 Å². The normalized spacial score (nSPS) is 11.5. The molecule has 0 spiro atoms. The molecule has 2 nitrogen and oxygen atoms in total. The van der Waals surface area contributed by atoms with Crippen LogP contribution < -0.4 is 5.48 Å². The number of allylic oxidation sites excluding steroid dienone is 2. The number of hydrogen-bond acceptors (Lipinski definition) is 2. The van der Waals surface area contributed by atoms with Crippen LogP contribution in [0.4, 0.5) is 0 Å². The summed E-state index contributed by atoms with van der Waals surface area (Å²) in [5.74, 6) is 0. The second-order valence-corrected chi connectivity index (χ2v) is 6.19. The van der Waals surface area contributed by atoms with E-state index in [4.69, 9.17) is 0 Å². The number of hydroxylamine groups is 1. The van der Waals surface area contributed by atoms with E-state index in [1.165, 1.54) is 89.9 Å². The van der Waals surface area contributed by atoms with Crippen molar-refractivity contribution >= 4 is 0 Å². The van der Waals surface area contributed by atoms with Crippen LogP contribution in [-0.2, 0) is 0 Å². The lowest BCUT2D eigenvalue weighted by Crippen LogP contribution is -2.04. The van der Waals surface area contributed by atoms with Crippen LogP contribution in [0.5, 0.6) is 0 Å². The molecule has 0 rings (SSSR count). The topological polar surface area (TPSA) is 35.1 Å². The Hall–Kier alpha value is -0.340. The van der Waals surface area contributed by atoms with Crippen molar-refractivity contribution in [2.75, 3.05) is 6.54 Å². The Kier molecular flexibility index (Phi) is 19.3. The van der Waals surface area contributed by atoms with Crippen LogP contribution in [0.15, 0.2) is 12.2 Å². The van der Waals surface area contributed by atoms with E-state index >= 15 is 0 Å². The highest BCUT2D eigenvalue weighted by Gasteiger charge is 1.91. The maximum absolute atomic E-state index is 10.0. The van der Waals surface area contributed by atoms with Crippen molar-refractivity contribution in [2.45, 2.75) is 103 Å². The molecule has 0 saturated heterocycles. The number of nitrogens with one attached hydrogen (secondary N) is 1. The summed E-state index contributed by atoms with van der Waals surface area (Å²) >= 11 is 0. The zero-order valence-corrected chi connectivity index (χ0v) is 14.4. The van der Waals surface area contributed by atoms with Gasteiger partial charge in [0, 0.05) is 0 Å². The van der Waals surface area contributed by atoms with Gasteiger partial charge in [0.05, 0.1) is 0 Å². The van der Waals surface area contributed by atoms with Crippen molar-refractivity contribution in [3.63, 3.8) is 0 Å². The molecule has 0 aromatic heterocycles. The lowest BCUT2D eigenvalue weighted by atomic mass is 10.1. The van der Waals surface area contributed by atoms with Crippen molar-refractivity contribution in [2.24, 2.45) is 0 Å². The summed E-state index contributed by atoms with van der Waals surface area (Å²) in [5, 5.41) is 10.0. The molecular formula is C19H38NO-. The zero-order valence-electron chi connectivity index (χ0n) is 14.4. The lowest BCUT2D eigenvalue weighted by molar-refractivity contribution is 0.587. The first-order chi connectivity index (χ1) is 10.4. The molecule has 126 valence electrons. The monoisotopic (exact) mass is 296 g/mol. The maximum atomic E-state index is 10.0. The molecule has 0 fully saturated rings. The Morgan fingerprint density at radius 3 is 1.52 bits per heavy atom. The summed E-state index contributed by atoms with van der Waals surface area (Å²) in [6.45, 7) is 2.90. The minimum atomic E-state index is 0.626. The summed E-state index contributed by atoms with van der Waals surface area (Å²) in [4.78, 5) is 0. The van der Waals surface area contributed by atoms with Crippen LogP contribution in [0.1, 0.15) is 103 Å². The van der Waals surface area contributed by atoms with Crippen molar-refractivity contribution < 1.29 is 0 Å². The van der Waals surface area contributed by atoms with Crippen LogP contribution in [0.3, 0.4) is 0 Å². The lowest BCUT2D eigenvalue weighted by Gasteiger charge is -2.05. The van der Waals surface area contributed by atoms with Crippen molar-refractivity contribution in [3.8, 4) is 0 Å². The molecule has 2 heteroatoms. The number of rotatable bonds is 17. The van der Waals surface area contributed by atoms with Gasteiger partial charge in [-0.1, -0.05) is 83.3 Å². The van der Waals surface area contributed by atoms with Crippen LogP contribution in [-0.4, -0.2) is 6.54 Å². The molecule has 0 heterocycles. The second-order valence-electron chi connectivity index (χ2n) is 6.19. The predicted octanol–water partition coefficient (Wildman–Crippen LogP) is 6.50. The third kappa shape index (κ3) is 19.7. The first kappa shape index (κ1) is 20.7. The van der Waals surface area contributed by atoms with E-state index < -0.39 is 0 Å². The maximum Gasteiger partial charge on any atom is -0.0170 e. The molecule has 0 aromatic rings. The number of unbranched alkanes of at least 4 members (excludes halogenated alkanes) is 13. The molecule has 21 heavy (non-hydrogen) atoms. The van der Waals surface area contributed by atoms with E-state index in [2.05, 4.69) is 19.1 Å². The third-order valence-electron chi connectivity index (χ3n) is 4.04. The van der Waals surface area contributed by atoms with Gasteiger partial charge in [-0.2, -0.15) is 0 Å². The van der Waals surface area contributed by atoms with E-state index in [-0.39, 0.29) is 0 Å². The molecule has 0 saturated carbocycles. The van der Waals surface area contributed by atoms with E-state index in [1.807, 2.05) is 5.48 Å². The summed E-state index contributed by atoms with van der Waals surface area (Å²) < 4.78 is 0. The van der Waals surface area contributed by atoms with Gasteiger partial charge < -0.3 is 10.7 Å². The summed E-state index contributed by atoms with van der Waals surface area (Å²) in [5.41, 5.74) is 1.96. The Bertz CT molecular complexity index is 204. The Labute approximate surface area is 133 Å². The average molecular weight is 297 g/mol. The highest BCUT2D eigenvalue weighted by molar-refractivity contribution is 4.81. The van der Waals surface area contributed by atoms with E-state index in [1.54, 1.807) is 0 Å². The fraction of sp³-hybridized carbons (Fsp3) is 0.895. The van der Waals surface area contributed by atoms with E-state index in [9.17, 15) is 5.21 Å². The van der Waals surface area contributed by atoms with Gasteiger partial charge in [-0.05, 0) is 38.6 Å². The molecule has 0 radical (unpaired) electrons. The Balaban J connectivity index is 3.02. The molecular weight excluding hydrogens is 258 g/mol. The molecule has 0 aliphatic carbocycles. The summed E-state index contributed by atoms with van der Waals surface area (Å²) in [6.07, 6.45) is 24.6. The minimum absolute atomic E-state index is 0.626. The summed E-state index contributed by atoms with van der Waals surface area (Å²) in [6, 6.07) is 0. The van der Waals surface area contributed by atoms with Gasteiger partial charge in [0.25, 0.3) is 0 Å². The second kappa shape index (κ2) is 19.7. The average Bonchev–Trinajstić information content (AvgIpc) is 2.50. The fourth-order valence-corrected chi connectivity index (χ4v) is 2.62. The van der Waals surface area contributed by atoms with Crippen molar-refractivity contribution in [1.82, 2.24) is 5.48 Å². The molecule has 0 atom stereocenters. The van der Waals surface area contributed by atoms with Gasteiger partial charge in [-0.15, -0.1) is 0 Å². The van der Waals surface area contributed by atoms with Gasteiger partial charge in [-0.3, -0.25) is 0 Å². The zero-order chi connectivity index (χ0) is 15.4. The third-order valence-corrected chi connectivity index (χ3v) is 4.04. The van der Waals surface area contributed by atoms with Gasteiger partial charge in [0.1, 0.15) is 0 Å². The Morgan fingerprint density at radius 1 is 0.619 bits per heavy atom. The van der Waals surface area contributed by atoms with Crippen LogP contribution in [0.2, 0.25) is 0 Å². The predicted molar refractivity (Wildman–Crippen MR) is 95.4 cm³/mol. The van der Waals surface area contributed by atoms with Crippen LogP contribution >= 0.6 is 0 Å². The van der Waals surface area contributed by atoms with Crippen molar-refractivity contribution in [1.29, 1.82) is 0 Å². The SMILES string of the molecule is CCCCCCCCCC=CCCCCCCCCN[O-]. The molecule has 0 bridgehead atoms. The smallest absolute Gasteiger partial charge is 0.0170 e. The fourth-order valence-electron chi connectivity index (χ4n) is 2.62. The standard InChI is InChI=1S/C19H38NO/c1-2-3-4-5-6-7-8-9-10-11-12-13-14-15-16-17-18-19-20-21/h10-11,20H,2-9,12-19H2,1H3/q-1. The summed E-state index contributed by atoms with van der Waals surface area (Å²) in [7, 11) is 0. The van der Waals surface area contributed by atoms with Gasteiger partial charge >= 0.3 is 0 Å². The first-order valence-electron chi connectivity index (χ1n) is 9.41. The highest BCUT2D eigenvalue weighted by Crippen LogP contribution is 2.10. The minimum Gasteiger partial charge on any atom is -0.788 e. The largest absolute Gasteiger partial charge is 0.788 e. The molecule has 0 aromatic carbocycles. The molecule has 0 unspecified atom stereocenters.